The van der Waals surface area contributed by atoms with E-state index in [0.29, 0.717) is 24.5 Å². The lowest BCUT2D eigenvalue weighted by atomic mass is 9.41. The number of hydrogen-bond donors (Lipinski definition) is 1. The molecule has 0 radical (unpaired) electrons. The van der Waals surface area contributed by atoms with Crippen molar-refractivity contribution in [3.8, 4) is 0 Å². The van der Waals surface area contributed by atoms with Crippen molar-refractivity contribution in [1.82, 2.24) is 0 Å². The summed E-state index contributed by atoms with van der Waals surface area (Å²) in [5.41, 5.74) is -1.99. The van der Waals surface area contributed by atoms with Crippen LogP contribution < -0.4 is 0 Å². The van der Waals surface area contributed by atoms with Crippen molar-refractivity contribution in [2.45, 2.75) is 130 Å². The zero-order valence-electron chi connectivity index (χ0n) is 24.5. The summed E-state index contributed by atoms with van der Waals surface area (Å²) in [5.74, 6) is 0.410. The van der Waals surface area contributed by atoms with Crippen LogP contribution in [0.2, 0.25) is 0 Å². The number of carboxylic acids is 1. The summed E-state index contributed by atoms with van der Waals surface area (Å²) in [4.78, 5) is 38.6. The highest BCUT2D eigenvalue weighted by Gasteiger charge is 2.85. The standard InChI is InChI=1S/C32H48O6/c1-18-8-11-24(37-19(2)33)28(5,6)38-20-16-32(26(35)36)22-10-9-21-27(3,4)23(34)12-13-30(21)17-31(22,30)15-14-29(32,7)25(18)20/h18,20-22,24-25H,8-17H2,1-7H3,(H,35,36). The maximum absolute atomic E-state index is 13.7. The molecule has 6 heteroatoms. The first-order valence-corrected chi connectivity index (χ1v) is 15.2. The highest BCUT2D eigenvalue weighted by molar-refractivity contribution is 5.86. The number of ketones is 1. The van der Waals surface area contributed by atoms with Crippen LogP contribution in [-0.2, 0) is 23.9 Å². The quantitative estimate of drug-likeness (QED) is 0.430. The van der Waals surface area contributed by atoms with Gasteiger partial charge in [0.25, 0.3) is 0 Å². The SMILES string of the molecule is CC(=O)OC1CCC(C)C2C(CC3(C(=O)O)C4CCC5C(C)(C)C(=O)CCC56CC46CCC23C)OC1(C)C. The molecule has 0 amide bonds. The summed E-state index contributed by atoms with van der Waals surface area (Å²) in [7, 11) is 0. The molecule has 2 spiro atoms. The van der Waals surface area contributed by atoms with E-state index < -0.39 is 17.0 Å². The molecule has 6 fully saturated rings. The number of fused-ring (bicyclic) bond motifs is 4. The van der Waals surface area contributed by atoms with Crippen molar-refractivity contribution in [2.24, 2.45) is 50.7 Å². The Morgan fingerprint density at radius 1 is 0.947 bits per heavy atom. The molecule has 10 unspecified atom stereocenters. The van der Waals surface area contributed by atoms with E-state index in [-0.39, 0.29) is 57.6 Å². The van der Waals surface area contributed by atoms with Crippen LogP contribution in [0.3, 0.4) is 0 Å². The fourth-order valence-electron chi connectivity index (χ4n) is 12.2. The van der Waals surface area contributed by atoms with Gasteiger partial charge in [0.2, 0.25) is 0 Å². The number of esters is 1. The molecule has 6 aliphatic rings. The molecule has 1 aliphatic heterocycles. The number of ether oxygens (including phenoxy) is 2. The van der Waals surface area contributed by atoms with E-state index in [2.05, 4.69) is 27.7 Å². The summed E-state index contributed by atoms with van der Waals surface area (Å²) in [6, 6.07) is 0. The summed E-state index contributed by atoms with van der Waals surface area (Å²) < 4.78 is 12.7. The topological polar surface area (TPSA) is 89.9 Å². The van der Waals surface area contributed by atoms with Gasteiger partial charge in [0.15, 0.2) is 0 Å². The number of aliphatic carboxylic acids is 1. The van der Waals surface area contributed by atoms with E-state index in [9.17, 15) is 19.5 Å². The number of rotatable bonds is 2. The normalized spacial score (nSPS) is 52.1. The Morgan fingerprint density at radius 2 is 1.61 bits per heavy atom. The fraction of sp³-hybridized carbons (Fsp3) is 0.906. The smallest absolute Gasteiger partial charge is 0.310 e. The van der Waals surface area contributed by atoms with Crippen LogP contribution in [0.5, 0.6) is 0 Å². The monoisotopic (exact) mass is 528 g/mol. The number of carbonyl (C=O) groups is 3. The first-order valence-electron chi connectivity index (χ1n) is 15.2. The van der Waals surface area contributed by atoms with Crippen LogP contribution in [0.25, 0.3) is 0 Å². The second-order valence-electron chi connectivity index (χ2n) is 15.7. The van der Waals surface area contributed by atoms with Crippen molar-refractivity contribution in [3.63, 3.8) is 0 Å². The zero-order chi connectivity index (χ0) is 27.7. The third-order valence-corrected chi connectivity index (χ3v) is 13.7. The molecule has 1 N–H and O–H groups in total. The number of Topliss-reactive ketones (excluding diaryl/α,β-unsaturated/α-hetero) is 1. The molecule has 5 saturated carbocycles. The highest BCUT2D eigenvalue weighted by atomic mass is 16.6. The fourth-order valence-corrected chi connectivity index (χ4v) is 12.2. The lowest BCUT2D eigenvalue weighted by Crippen LogP contribution is -2.60. The molecule has 0 aromatic heterocycles. The lowest BCUT2D eigenvalue weighted by molar-refractivity contribution is -0.196. The van der Waals surface area contributed by atoms with Gasteiger partial charge in [0, 0.05) is 18.8 Å². The minimum Gasteiger partial charge on any atom is -0.481 e. The average Bonchev–Trinajstić information content (AvgIpc) is 3.40. The van der Waals surface area contributed by atoms with E-state index in [1.807, 2.05) is 13.8 Å². The predicted molar refractivity (Wildman–Crippen MR) is 142 cm³/mol. The highest BCUT2D eigenvalue weighted by Crippen LogP contribution is 2.89. The Hall–Kier alpha value is -1.43. The first-order chi connectivity index (χ1) is 17.6. The second kappa shape index (κ2) is 7.85. The molecule has 6 nitrogen and oxygen atoms in total. The van der Waals surface area contributed by atoms with Gasteiger partial charge >= 0.3 is 11.9 Å². The maximum Gasteiger partial charge on any atom is 0.310 e. The Balaban J connectivity index is 1.41. The average molecular weight is 529 g/mol. The molecule has 0 aromatic carbocycles. The molecule has 0 aromatic rings. The summed E-state index contributed by atoms with van der Waals surface area (Å²) in [6.45, 7) is 14.3. The molecule has 0 bridgehead atoms. The third-order valence-electron chi connectivity index (χ3n) is 13.7. The largest absolute Gasteiger partial charge is 0.481 e. The molecule has 1 heterocycles. The van der Waals surface area contributed by atoms with Gasteiger partial charge in [-0.1, -0.05) is 27.7 Å². The van der Waals surface area contributed by atoms with E-state index >= 15 is 0 Å². The molecular weight excluding hydrogens is 480 g/mol. The minimum atomic E-state index is -0.827. The summed E-state index contributed by atoms with van der Waals surface area (Å²) in [5, 5.41) is 11.3. The van der Waals surface area contributed by atoms with Crippen LogP contribution in [0.15, 0.2) is 0 Å². The summed E-state index contributed by atoms with van der Waals surface area (Å²) >= 11 is 0. The van der Waals surface area contributed by atoms with Gasteiger partial charge in [0.1, 0.15) is 11.9 Å². The van der Waals surface area contributed by atoms with Gasteiger partial charge in [-0.05, 0) is 112 Å². The number of carboxylic acid groups (broad SMARTS) is 1. The molecular formula is C32H48O6. The maximum atomic E-state index is 13.7. The zero-order valence-corrected chi connectivity index (χ0v) is 24.5. The number of hydrogen-bond acceptors (Lipinski definition) is 5. The van der Waals surface area contributed by atoms with Crippen LogP contribution >= 0.6 is 0 Å². The Labute approximate surface area is 228 Å². The van der Waals surface area contributed by atoms with Crippen LogP contribution in [0.1, 0.15) is 113 Å². The Morgan fingerprint density at radius 3 is 2.26 bits per heavy atom. The minimum absolute atomic E-state index is 0.0461. The molecule has 38 heavy (non-hydrogen) atoms. The molecule has 6 rings (SSSR count). The van der Waals surface area contributed by atoms with Crippen LogP contribution in [-0.4, -0.2) is 40.6 Å². The van der Waals surface area contributed by atoms with E-state index in [1.165, 1.54) is 6.92 Å². The van der Waals surface area contributed by atoms with Gasteiger partial charge in [-0.25, -0.2) is 0 Å². The Bertz CT molecular complexity index is 1080. The first kappa shape index (κ1) is 26.8. The second-order valence-corrected chi connectivity index (χ2v) is 15.7. The third kappa shape index (κ3) is 3.02. The van der Waals surface area contributed by atoms with Gasteiger partial charge in [-0.3, -0.25) is 14.4 Å². The number of carbonyl (C=O) groups excluding carboxylic acids is 2. The Kier molecular flexibility index (Phi) is 5.53. The molecule has 1 saturated heterocycles. The van der Waals surface area contributed by atoms with Gasteiger partial charge in [-0.2, -0.15) is 0 Å². The van der Waals surface area contributed by atoms with E-state index in [0.717, 1.165) is 51.4 Å². The van der Waals surface area contributed by atoms with Crippen molar-refractivity contribution in [2.75, 3.05) is 0 Å². The molecule has 212 valence electrons. The van der Waals surface area contributed by atoms with Gasteiger partial charge < -0.3 is 14.6 Å². The van der Waals surface area contributed by atoms with E-state index in [1.54, 1.807) is 0 Å². The lowest BCUT2D eigenvalue weighted by Gasteiger charge is -2.61. The van der Waals surface area contributed by atoms with Crippen molar-refractivity contribution >= 4 is 17.7 Å². The van der Waals surface area contributed by atoms with E-state index in [4.69, 9.17) is 9.47 Å². The van der Waals surface area contributed by atoms with Crippen LogP contribution in [0.4, 0.5) is 0 Å². The van der Waals surface area contributed by atoms with Crippen molar-refractivity contribution < 1.29 is 29.0 Å². The molecule has 10 atom stereocenters. The molecule has 5 aliphatic carbocycles. The van der Waals surface area contributed by atoms with Gasteiger partial charge in [-0.15, -0.1) is 0 Å². The van der Waals surface area contributed by atoms with Crippen molar-refractivity contribution in [1.29, 1.82) is 0 Å². The van der Waals surface area contributed by atoms with Crippen molar-refractivity contribution in [3.05, 3.63) is 0 Å². The predicted octanol–water partition coefficient (Wildman–Crippen LogP) is 6.19. The summed E-state index contributed by atoms with van der Waals surface area (Å²) in [6.07, 6.45) is 8.21. The van der Waals surface area contributed by atoms with Gasteiger partial charge in [0.05, 0.1) is 17.1 Å². The van der Waals surface area contributed by atoms with Crippen LogP contribution in [0, 0.1) is 50.7 Å².